The predicted octanol–water partition coefficient (Wildman–Crippen LogP) is 0.581. The lowest BCUT2D eigenvalue weighted by Crippen LogP contribution is -2.27. The molecule has 6 heteroatoms. The SMILES string of the molecule is CNCC(C)Oc1ccccc1S(=O)(=O)NC. The van der Waals surface area contributed by atoms with E-state index in [-0.39, 0.29) is 11.0 Å². The Morgan fingerprint density at radius 3 is 2.53 bits per heavy atom. The van der Waals surface area contributed by atoms with Crippen LogP contribution in [0.25, 0.3) is 0 Å². The molecule has 0 heterocycles. The van der Waals surface area contributed by atoms with Gasteiger partial charge in [0.25, 0.3) is 0 Å². The largest absolute Gasteiger partial charge is 0.488 e. The molecule has 0 aromatic heterocycles. The summed E-state index contributed by atoms with van der Waals surface area (Å²) in [6, 6.07) is 6.58. The molecule has 1 unspecified atom stereocenters. The molecule has 1 aromatic rings. The van der Waals surface area contributed by atoms with Crippen LogP contribution in [0.1, 0.15) is 6.92 Å². The summed E-state index contributed by atoms with van der Waals surface area (Å²) in [5.74, 6) is 0.365. The van der Waals surface area contributed by atoms with Gasteiger partial charge in [-0.3, -0.25) is 0 Å². The number of rotatable bonds is 6. The van der Waals surface area contributed by atoms with Crippen LogP contribution < -0.4 is 14.8 Å². The van der Waals surface area contributed by atoms with Crippen molar-refractivity contribution in [3.8, 4) is 5.75 Å². The minimum atomic E-state index is -3.48. The van der Waals surface area contributed by atoms with E-state index in [0.29, 0.717) is 12.3 Å². The lowest BCUT2D eigenvalue weighted by molar-refractivity contribution is 0.215. The maximum absolute atomic E-state index is 11.8. The number of ether oxygens (including phenoxy) is 1. The zero-order valence-corrected chi connectivity index (χ0v) is 11.0. The number of sulfonamides is 1. The van der Waals surface area contributed by atoms with Crippen LogP contribution in [-0.4, -0.2) is 35.2 Å². The third kappa shape index (κ3) is 3.69. The molecule has 0 amide bonds. The second-order valence-electron chi connectivity index (χ2n) is 3.64. The minimum Gasteiger partial charge on any atom is -0.488 e. The van der Waals surface area contributed by atoms with Crippen molar-refractivity contribution in [1.82, 2.24) is 10.0 Å². The number of nitrogens with one attached hydrogen (secondary N) is 2. The van der Waals surface area contributed by atoms with Crippen molar-refractivity contribution in [2.75, 3.05) is 20.6 Å². The Bertz CT molecular complexity index is 460. The molecule has 0 radical (unpaired) electrons. The van der Waals surface area contributed by atoms with E-state index in [0.717, 1.165) is 0 Å². The minimum absolute atomic E-state index is 0.104. The van der Waals surface area contributed by atoms with Gasteiger partial charge >= 0.3 is 0 Å². The molecule has 0 saturated heterocycles. The molecule has 0 aliphatic heterocycles. The molecular formula is C11H18N2O3S. The smallest absolute Gasteiger partial charge is 0.243 e. The van der Waals surface area contributed by atoms with E-state index < -0.39 is 10.0 Å². The summed E-state index contributed by atoms with van der Waals surface area (Å²) in [5, 5.41) is 2.97. The van der Waals surface area contributed by atoms with Gasteiger partial charge < -0.3 is 10.1 Å². The molecular weight excluding hydrogens is 240 g/mol. The summed E-state index contributed by atoms with van der Waals surface area (Å²) < 4.78 is 31.4. The van der Waals surface area contributed by atoms with Crippen LogP contribution >= 0.6 is 0 Å². The zero-order valence-electron chi connectivity index (χ0n) is 10.2. The second kappa shape index (κ2) is 6.00. The predicted molar refractivity (Wildman–Crippen MR) is 66.7 cm³/mol. The fourth-order valence-electron chi connectivity index (χ4n) is 1.43. The Kier molecular flexibility index (Phi) is 4.92. The van der Waals surface area contributed by atoms with E-state index in [4.69, 9.17) is 4.74 Å². The van der Waals surface area contributed by atoms with Crippen LogP contribution in [0, 0.1) is 0 Å². The molecule has 1 aromatic carbocycles. The van der Waals surface area contributed by atoms with E-state index in [1.165, 1.54) is 13.1 Å². The van der Waals surface area contributed by atoms with Crippen molar-refractivity contribution in [3.63, 3.8) is 0 Å². The third-order valence-corrected chi connectivity index (χ3v) is 3.68. The van der Waals surface area contributed by atoms with Crippen LogP contribution in [0.3, 0.4) is 0 Å². The highest BCUT2D eigenvalue weighted by Crippen LogP contribution is 2.23. The average Bonchev–Trinajstić information content (AvgIpc) is 2.30. The van der Waals surface area contributed by atoms with Crippen molar-refractivity contribution in [1.29, 1.82) is 0 Å². The van der Waals surface area contributed by atoms with Gasteiger partial charge in [-0.05, 0) is 33.2 Å². The van der Waals surface area contributed by atoms with Gasteiger partial charge in [-0.15, -0.1) is 0 Å². The van der Waals surface area contributed by atoms with E-state index in [2.05, 4.69) is 10.0 Å². The molecule has 2 N–H and O–H groups in total. The van der Waals surface area contributed by atoms with Gasteiger partial charge in [-0.2, -0.15) is 0 Å². The fraction of sp³-hybridized carbons (Fsp3) is 0.455. The van der Waals surface area contributed by atoms with Crippen LogP contribution in [0.2, 0.25) is 0 Å². The molecule has 0 bridgehead atoms. The van der Waals surface area contributed by atoms with E-state index in [1.54, 1.807) is 18.2 Å². The van der Waals surface area contributed by atoms with Gasteiger partial charge in [0.15, 0.2) is 0 Å². The summed E-state index contributed by atoms with van der Waals surface area (Å²) in [4.78, 5) is 0.158. The molecule has 5 nitrogen and oxygen atoms in total. The van der Waals surface area contributed by atoms with Gasteiger partial charge in [0.05, 0.1) is 0 Å². The molecule has 0 fully saturated rings. The highest BCUT2D eigenvalue weighted by Gasteiger charge is 2.18. The van der Waals surface area contributed by atoms with Gasteiger partial charge in [-0.1, -0.05) is 12.1 Å². The van der Waals surface area contributed by atoms with Crippen LogP contribution in [0.4, 0.5) is 0 Å². The fourth-order valence-corrected chi connectivity index (χ4v) is 2.28. The van der Waals surface area contributed by atoms with Crippen molar-refractivity contribution in [3.05, 3.63) is 24.3 Å². The Labute approximate surface area is 102 Å². The Hall–Kier alpha value is -1.11. The Morgan fingerprint density at radius 2 is 1.94 bits per heavy atom. The van der Waals surface area contributed by atoms with Gasteiger partial charge in [0, 0.05) is 6.54 Å². The maximum Gasteiger partial charge on any atom is 0.243 e. The van der Waals surface area contributed by atoms with Gasteiger partial charge in [0.1, 0.15) is 16.7 Å². The van der Waals surface area contributed by atoms with Crippen molar-refractivity contribution >= 4 is 10.0 Å². The third-order valence-electron chi connectivity index (χ3n) is 2.23. The molecule has 1 atom stereocenters. The first-order valence-corrected chi connectivity index (χ1v) is 6.83. The monoisotopic (exact) mass is 258 g/mol. The van der Waals surface area contributed by atoms with Gasteiger partial charge in [0.2, 0.25) is 10.0 Å². The normalized spacial score (nSPS) is 13.4. The number of benzene rings is 1. The van der Waals surface area contributed by atoms with Crippen LogP contribution in [0.5, 0.6) is 5.75 Å². The van der Waals surface area contributed by atoms with E-state index >= 15 is 0 Å². The Morgan fingerprint density at radius 1 is 1.29 bits per heavy atom. The first-order chi connectivity index (χ1) is 8.01. The first kappa shape index (κ1) is 14.0. The number of hydrogen-bond acceptors (Lipinski definition) is 4. The topological polar surface area (TPSA) is 67.4 Å². The highest BCUT2D eigenvalue weighted by atomic mass is 32.2. The van der Waals surface area contributed by atoms with E-state index in [9.17, 15) is 8.42 Å². The first-order valence-electron chi connectivity index (χ1n) is 5.35. The summed E-state index contributed by atoms with van der Waals surface area (Å²) >= 11 is 0. The van der Waals surface area contributed by atoms with Crippen LogP contribution in [0.15, 0.2) is 29.2 Å². The molecule has 96 valence electrons. The second-order valence-corrected chi connectivity index (χ2v) is 5.50. The molecule has 17 heavy (non-hydrogen) atoms. The summed E-state index contributed by atoms with van der Waals surface area (Å²) in [6.07, 6.45) is -0.104. The number of para-hydroxylation sites is 1. The lowest BCUT2D eigenvalue weighted by atomic mass is 10.3. The average molecular weight is 258 g/mol. The highest BCUT2D eigenvalue weighted by molar-refractivity contribution is 7.89. The Balaban J connectivity index is 3.01. The summed E-state index contributed by atoms with van der Waals surface area (Å²) in [5.41, 5.74) is 0. The molecule has 0 aliphatic carbocycles. The molecule has 0 aliphatic rings. The molecule has 0 spiro atoms. The van der Waals surface area contributed by atoms with Crippen molar-refractivity contribution < 1.29 is 13.2 Å². The van der Waals surface area contributed by atoms with Crippen LogP contribution in [-0.2, 0) is 10.0 Å². The van der Waals surface area contributed by atoms with Crippen molar-refractivity contribution in [2.45, 2.75) is 17.9 Å². The lowest BCUT2D eigenvalue weighted by Gasteiger charge is -2.16. The summed E-state index contributed by atoms with van der Waals surface area (Å²) in [6.45, 7) is 2.52. The maximum atomic E-state index is 11.8. The zero-order chi connectivity index (χ0) is 12.9. The van der Waals surface area contributed by atoms with Crippen molar-refractivity contribution in [2.24, 2.45) is 0 Å². The van der Waals surface area contributed by atoms with E-state index in [1.807, 2.05) is 14.0 Å². The molecule has 1 rings (SSSR count). The standard InChI is InChI=1S/C11H18N2O3S/c1-9(8-12-2)16-10-6-4-5-7-11(10)17(14,15)13-3/h4-7,9,12-13H,8H2,1-3H3. The molecule has 0 saturated carbocycles. The summed E-state index contributed by atoms with van der Waals surface area (Å²) in [7, 11) is -0.291. The number of likely N-dealkylation sites (N-methyl/N-ethyl adjacent to an activating group) is 1. The van der Waals surface area contributed by atoms with Gasteiger partial charge in [-0.25, -0.2) is 13.1 Å². The number of hydrogen-bond donors (Lipinski definition) is 2. The quantitative estimate of drug-likeness (QED) is 0.783.